The number of carbonyl (C=O) groups is 1. The van der Waals surface area contributed by atoms with E-state index in [4.69, 9.17) is 27.9 Å². The van der Waals surface area contributed by atoms with Gasteiger partial charge in [-0.3, -0.25) is 4.79 Å². The SMILES string of the molecule is CN(CCCOc1cccc(S(C)(=O)=O)c1)C(=O)CCCc1ccc(Cl)c(Cl)c1. The van der Waals surface area contributed by atoms with Crippen molar-refractivity contribution in [3.63, 3.8) is 0 Å². The molecule has 0 N–H and O–H groups in total. The largest absolute Gasteiger partial charge is 0.493 e. The van der Waals surface area contributed by atoms with Crippen molar-refractivity contribution >= 4 is 38.9 Å². The Balaban J connectivity index is 1.68. The smallest absolute Gasteiger partial charge is 0.222 e. The van der Waals surface area contributed by atoms with E-state index in [0.717, 1.165) is 24.7 Å². The van der Waals surface area contributed by atoms with E-state index < -0.39 is 9.84 Å². The van der Waals surface area contributed by atoms with Crippen molar-refractivity contribution in [1.29, 1.82) is 0 Å². The normalized spacial score (nSPS) is 11.3. The number of nitrogens with zero attached hydrogens (tertiary/aromatic N) is 1. The molecule has 0 heterocycles. The van der Waals surface area contributed by atoms with Crippen molar-refractivity contribution in [1.82, 2.24) is 4.90 Å². The van der Waals surface area contributed by atoms with Crippen molar-refractivity contribution < 1.29 is 17.9 Å². The first-order chi connectivity index (χ1) is 13.7. The summed E-state index contributed by atoms with van der Waals surface area (Å²) in [5.41, 5.74) is 1.06. The summed E-state index contributed by atoms with van der Waals surface area (Å²) in [6, 6.07) is 11.9. The third kappa shape index (κ3) is 7.88. The van der Waals surface area contributed by atoms with Crippen LogP contribution in [0.5, 0.6) is 5.75 Å². The van der Waals surface area contributed by atoms with Crippen LogP contribution < -0.4 is 4.74 Å². The van der Waals surface area contributed by atoms with Crippen LogP contribution >= 0.6 is 23.2 Å². The first kappa shape index (κ1) is 23.5. The molecular formula is C21H25Cl2NO4S. The molecule has 0 saturated heterocycles. The summed E-state index contributed by atoms with van der Waals surface area (Å²) >= 11 is 11.9. The van der Waals surface area contributed by atoms with Gasteiger partial charge in [0.05, 0.1) is 21.5 Å². The number of sulfone groups is 1. The van der Waals surface area contributed by atoms with Crippen LogP contribution in [0.3, 0.4) is 0 Å². The van der Waals surface area contributed by atoms with E-state index in [1.165, 1.54) is 12.1 Å². The van der Waals surface area contributed by atoms with Gasteiger partial charge in [0, 0.05) is 26.3 Å². The lowest BCUT2D eigenvalue weighted by atomic mass is 10.1. The van der Waals surface area contributed by atoms with Gasteiger partial charge in [-0.25, -0.2) is 8.42 Å². The molecule has 0 aliphatic rings. The lowest BCUT2D eigenvalue weighted by Crippen LogP contribution is -2.28. The van der Waals surface area contributed by atoms with E-state index in [9.17, 15) is 13.2 Å². The summed E-state index contributed by atoms with van der Waals surface area (Å²) in [5, 5.41) is 1.05. The lowest BCUT2D eigenvalue weighted by Gasteiger charge is -2.17. The summed E-state index contributed by atoms with van der Waals surface area (Å²) in [5.74, 6) is 0.577. The first-order valence-corrected chi connectivity index (χ1v) is 11.9. The highest BCUT2D eigenvalue weighted by Gasteiger charge is 2.10. The molecule has 0 aliphatic carbocycles. The standard InChI is InChI=1S/C21H25Cl2NO4S/c1-24(21(25)9-3-6-16-10-11-19(22)20(23)14-16)12-5-13-28-17-7-4-8-18(15-17)29(2,26)27/h4,7-8,10-11,14-15H,3,5-6,9,12-13H2,1-2H3. The Morgan fingerprint density at radius 1 is 1.07 bits per heavy atom. The van der Waals surface area contributed by atoms with Gasteiger partial charge < -0.3 is 9.64 Å². The monoisotopic (exact) mass is 457 g/mol. The second kappa shape index (κ2) is 10.9. The molecule has 0 radical (unpaired) electrons. The number of hydrogen-bond donors (Lipinski definition) is 0. The molecule has 2 aromatic carbocycles. The highest BCUT2D eigenvalue weighted by atomic mass is 35.5. The molecule has 0 unspecified atom stereocenters. The molecule has 0 spiro atoms. The van der Waals surface area contributed by atoms with Crippen LogP contribution in [0.15, 0.2) is 47.4 Å². The fourth-order valence-corrected chi connectivity index (χ4v) is 3.72. The molecule has 8 heteroatoms. The predicted octanol–water partition coefficient (Wildman–Crippen LogP) is 4.65. The Morgan fingerprint density at radius 2 is 1.83 bits per heavy atom. The molecule has 0 atom stereocenters. The fourth-order valence-electron chi connectivity index (χ4n) is 2.74. The van der Waals surface area contributed by atoms with Gasteiger partial charge >= 0.3 is 0 Å². The highest BCUT2D eigenvalue weighted by Crippen LogP contribution is 2.23. The molecule has 5 nitrogen and oxygen atoms in total. The number of aryl methyl sites for hydroxylation is 1. The minimum Gasteiger partial charge on any atom is -0.493 e. The van der Waals surface area contributed by atoms with Gasteiger partial charge in [-0.15, -0.1) is 0 Å². The van der Waals surface area contributed by atoms with E-state index >= 15 is 0 Å². The minimum absolute atomic E-state index is 0.0733. The summed E-state index contributed by atoms with van der Waals surface area (Å²) in [7, 11) is -1.49. The predicted molar refractivity (Wildman–Crippen MR) is 117 cm³/mol. The number of benzene rings is 2. The quantitative estimate of drug-likeness (QED) is 0.487. The van der Waals surface area contributed by atoms with Crippen molar-refractivity contribution in [3.05, 3.63) is 58.1 Å². The van der Waals surface area contributed by atoms with E-state index in [-0.39, 0.29) is 10.8 Å². The van der Waals surface area contributed by atoms with Gasteiger partial charge in [0.1, 0.15) is 5.75 Å². The lowest BCUT2D eigenvalue weighted by molar-refractivity contribution is -0.130. The second-order valence-electron chi connectivity index (χ2n) is 6.87. The average molecular weight is 458 g/mol. The number of hydrogen-bond acceptors (Lipinski definition) is 4. The molecule has 29 heavy (non-hydrogen) atoms. The molecule has 0 aliphatic heterocycles. The maximum Gasteiger partial charge on any atom is 0.222 e. The van der Waals surface area contributed by atoms with Crippen LogP contribution in [0.25, 0.3) is 0 Å². The van der Waals surface area contributed by atoms with E-state index in [0.29, 0.717) is 41.8 Å². The summed E-state index contributed by atoms with van der Waals surface area (Å²) in [4.78, 5) is 14.2. The summed E-state index contributed by atoms with van der Waals surface area (Å²) < 4.78 is 28.8. The van der Waals surface area contributed by atoms with Crippen LogP contribution in [0.1, 0.15) is 24.8 Å². The first-order valence-electron chi connectivity index (χ1n) is 9.27. The minimum atomic E-state index is -3.26. The summed E-state index contributed by atoms with van der Waals surface area (Å²) in [6.45, 7) is 0.964. The number of ether oxygens (including phenoxy) is 1. The number of carbonyl (C=O) groups excluding carboxylic acids is 1. The number of rotatable bonds is 10. The van der Waals surface area contributed by atoms with Crippen molar-refractivity contribution in [3.8, 4) is 5.75 Å². The Morgan fingerprint density at radius 3 is 2.52 bits per heavy atom. The molecule has 0 aromatic heterocycles. The molecule has 0 fully saturated rings. The highest BCUT2D eigenvalue weighted by molar-refractivity contribution is 7.90. The Kier molecular flexibility index (Phi) is 8.80. The molecule has 2 rings (SSSR count). The van der Waals surface area contributed by atoms with E-state index in [1.54, 1.807) is 30.1 Å². The molecule has 0 bridgehead atoms. The third-order valence-corrected chi connectivity index (χ3v) is 6.26. The fraction of sp³-hybridized carbons (Fsp3) is 0.381. The zero-order valence-electron chi connectivity index (χ0n) is 16.5. The van der Waals surface area contributed by atoms with Crippen LogP contribution in [0.4, 0.5) is 0 Å². The zero-order valence-corrected chi connectivity index (χ0v) is 18.9. The molecular weight excluding hydrogens is 433 g/mol. The number of halogens is 2. The van der Waals surface area contributed by atoms with Gasteiger partial charge in [-0.1, -0.05) is 35.3 Å². The second-order valence-corrected chi connectivity index (χ2v) is 9.70. The van der Waals surface area contributed by atoms with Crippen molar-refractivity contribution in [2.75, 3.05) is 26.5 Å². The van der Waals surface area contributed by atoms with Gasteiger partial charge in [-0.2, -0.15) is 0 Å². The van der Waals surface area contributed by atoms with Crippen molar-refractivity contribution in [2.45, 2.75) is 30.6 Å². The third-order valence-electron chi connectivity index (χ3n) is 4.41. The average Bonchev–Trinajstić information content (AvgIpc) is 2.67. The van der Waals surface area contributed by atoms with E-state index in [2.05, 4.69) is 0 Å². The molecule has 158 valence electrons. The Hall–Kier alpha value is -1.76. The van der Waals surface area contributed by atoms with E-state index in [1.807, 2.05) is 12.1 Å². The zero-order chi connectivity index (χ0) is 21.4. The topological polar surface area (TPSA) is 63.7 Å². The Bertz CT molecular complexity index is 947. The molecule has 0 saturated carbocycles. The summed E-state index contributed by atoms with van der Waals surface area (Å²) in [6.07, 6.45) is 3.76. The molecule has 2 aromatic rings. The van der Waals surface area contributed by atoms with Gasteiger partial charge in [-0.05, 0) is 55.2 Å². The maximum atomic E-state index is 12.2. The Labute approximate surface area is 182 Å². The van der Waals surface area contributed by atoms with Crippen LogP contribution in [0.2, 0.25) is 10.0 Å². The van der Waals surface area contributed by atoms with Gasteiger partial charge in [0.2, 0.25) is 5.91 Å². The van der Waals surface area contributed by atoms with Gasteiger partial charge in [0.15, 0.2) is 9.84 Å². The van der Waals surface area contributed by atoms with Gasteiger partial charge in [0.25, 0.3) is 0 Å². The molecule has 1 amide bonds. The maximum absolute atomic E-state index is 12.2. The van der Waals surface area contributed by atoms with Crippen molar-refractivity contribution in [2.24, 2.45) is 0 Å². The van der Waals surface area contributed by atoms with Crippen LogP contribution in [0, 0.1) is 0 Å². The van der Waals surface area contributed by atoms with Crippen LogP contribution in [-0.2, 0) is 21.1 Å². The number of amides is 1. The van der Waals surface area contributed by atoms with Crippen LogP contribution in [-0.4, -0.2) is 45.7 Å².